The van der Waals surface area contributed by atoms with Crippen LogP contribution < -0.4 is 14.8 Å². The molecule has 0 spiro atoms. The Morgan fingerprint density at radius 1 is 0.867 bits per heavy atom. The molecule has 1 N–H and O–H groups in total. The number of anilines is 1. The van der Waals surface area contributed by atoms with Crippen LogP contribution in [0.25, 0.3) is 0 Å². The number of alkyl halides is 1. The van der Waals surface area contributed by atoms with Crippen molar-refractivity contribution < 1.29 is 47.4 Å². The molecule has 0 saturated carbocycles. The molecule has 0 atom stereocenters. The minimum atomic E-state index is -1.09. The lowest BCUT2D eigenvalue weighted by molar-refractivity contribution is -0.139. The van der Waals surface area contributed by atoms with Crippen molar-refractivity contribution >= 4 is 53.1 Å². The monoisotopic (exact) mass is 633 g/mol. The third kappa shape index (κ3) is 8.84. The Hall–Kier alpha value is -5.82. The number of oxime groups is 1. The van der Waals surface area contributed by atoms with E-state index in [0.29, 0.717) is 11.1 Å². The highest BCUT2D eigenvalue weighted by molar-refractivity contribution is 6.42. The quantitative estimate of drug-likeness (QED) is 0.0611. The zero-order valence-corrected chi connectivity index (χ0v) is 24.5. The van der Waals surface area contributed by atoms with Crippen molar-refractivity contribution in [1.82, 2.24) is 4.98 Å². The molecule has 1 amide bonds. The SMILES string of the molecule is CC(=O)Oc1ccc(C(=O)O/N=C(\C(=O)OC(c2ccccc2)c2ccccc2)c2coc(NC(=O)CCl)n2)cc1OC(C)=O. The molecule has 0 aliphatic heterocycles. The van der Waals surface area contributed by atoms with E-state index in [2.05, 4.69) is 15.5 Å². The number of hydrogen-bond acceptors (Lipinski definition) is 12. The number of rotatable bonds is 11. The Labute approximate surface area is 260 Å². The van der Waals surface area contributed by atoms with Crippen molar-refractivity contribution in [3.8, 4) is 11.5 Å². The van der Waals surface area contributed by atoms with Gasteiger partial charge in [0, 0.05) is 13.8 Å². The fourth-order valence-electron chi connectivity index (χ4n) is 3.78. The summed E-state index contributed by atoms with van der Waals surface area (Å²) in [4.78, 5) is 70.4. The molecule has 1 heterocycles. The van der Waals surface area contributed by atoms with Crippen molar-refractivity contribution in [1.29, 1.82) is 0 Å². The smallest absolute Gasteiger partial charge is 0.365 e. The predicted octanol–water partition coefficient (Wildman–Crippen LogP) is 4.60. The standard InChI is InChI=1S/C31H24ClN3O10/c1-18(36)42-24-14-13-22(15-25(24)43-19(2)37)29(39)45-35-27(23-17-41-31(33-23)34-26(38)16-32)30(40)44-28(20-9-5-3-6-10-20)21-11-7-4-8-12-21/h3-15,17,28H,16H2,1-2H3,(H,33,34,38)/b35-27-. The number of nitrogens with zero attached hydrogens (tertiary/aromatic N) is 2. The number of amides is 1. The topological polar surface area (TPSA) is 173 Å². The summed E-state index contributed by atoms with van der Waals surface area (Å²) >= 11 is 5.52. The number of hydrogen-bond donors (Lipinski definition) is 1. The van der Waals surface area contributed by atoms with Gasteiger partial charge in [0.15, 0.2) is 17.6 Å². The molecular formula is C31H24ClN3O10. The van der Waals surface area contributed by atoms with Crippen molar-refractivity contribution in [3.63, 3.8) is 0 Å². The van der Waals surface area contributed by atoms with Crippen LogP contribution in [0.4, 0.5) is 6.01 Å². The van der Waals surface area contributed by atoms with E-state index in [-0.39, 0.29) is 34.7 Å². The van der Waals surface area contributed by atoms with Crippen LogP contribution in [0.15, 0.2) is 94.7 Å². The van der Waals surface area contributed by atoms with Crippen LogP contribution in [0.3, 0.4) is 0 Å². The summed E-state index contributed by atoms with van der Waals surface area (Å²) in [5.41, 5.74) is 0.250. The predicted molar refractivity (Wildman–Crippen MR) is 158 cm³/mol. The molecule has 4 rings (SSSR count). The minimum absolute atomic E-state index is 0.121. The van der Waals surface area contributed by atoms with Crippen molar-refractivity contribution in [2.45, 2.75) is 20.0 Å². The summed E-state index contributed by atoms with van der Waals surface area (Å²) in [5.74, 6) is -4.97. The fraction of sp³-hybridized carbons (Fsp3) is 0.129. The molecule has 0 unspecified atom stereocenters. The van der Waals surface area contributed by atoms with Gasteiger partial charge in [-0.3, -0.25) is 19.7 Å². The van der Waals surface area contributed by atoms with Crippen LogP contribution in [0.2, 0.25) is 0 Å². The highest BCUT2D eigenvalue weighted by Crippen LogP contribution is 2.30. The van der Waals surface area contributed by atoms with Gasteiger partial charge in [0.2, 0.25) is 11.6 Å². The van der Waals surface area contributed by atoms with Crippen molar-refractivity contribution in [2.75, 3.05) is 11.2 Å². The highest BCUT2D eigenvalue weighted by Gasteiger charge is 2.28. The van der Waals surface area contributed by atoms with Gasteiger partial charge in [-0.05, 0) is 29.3 Å². The third-order valence-corrected chi connectivity index (χ3v) is 5.89. The second-order valence-electron chi connectivity index (χ2n) is 8.99. The number of halogens is 1. The summed E-state index contributed by atoms with van der Waals surface area (Å²) < 4.78 is 21.1. The first-order valence-corrected chi connectivity index (χ1v) is 13.6. The maximum Gasteiger partial charge on any atom is 0.365 e. The van der Waals surface area contributed by atoms with E-state index >= 15 is 0 Å². The number of oxazole rings is 1. The summed E-state index contributed by atoms with van der Waals surface area (Å²) in [5, 5.41) is 6.01. The van der Waals surface area contributed by atoms with E-state index in [1.54, 1.807) is 60.7 Å². The van der Waals surface area contributed by atoms with E-state index in [9.17, 15) is 24.0 Å². The molecule has 0 aliphatic rings. The van der Waals surface area contributed by atoms with Crippen molar-refractivity contribution in [2.24, 2.45) is 5.16 Å². The van der Waals surface area contributed by atoms with E-state index in [0.717, 1.165) is 26.2 Å². The molecule has 45 heavy (non-hydrogen) atoms. The molecular weight excluding hydrogens is 610 g/mol. The van der Waals surface area contributed by atoms with Crippen molar-refractivity contribution in [3.05, 3.63) is 108 Å². The number of ether oxygens (including phenoxy) is 3. The van der Waals surface area contributed by atoms with E-state index in [1.165, 1.54) is 12.1 Å². The Kier molecular flexibility index (Phi) is 10.8. The van der Waals surface area contributed by atoms with Crippen LogP contribution in [0.5, 0.6) is 11.5 Å². The van der Waals surface area contributed by atoms with E-state index < -0.39 is 41.6 Å². The van der Waals surface area contributed by atoms with Crippen LogP contribution in [0, 0.1) is 0 Å². The lowest BCUT2D eigenvalue weighted by Gasteiger charge is -2.19. The average Bonchev–Trinajstić information content (AvgIpc) is 3.48. The van der Waals surface area contributed by atoms with Gasteiger partial charge in [-0.25, -0.2) is 9.59 Å². The summed E-state index contributed by atoms with van der Waals surface area (Å²) in [7, 11) is 0. The Bertz CT molecular complexity index is 1700. The Morgan fingerprint density at radius 2 is 1.47 bits per heavy atom. The Balaban J connectivity index is 1.68. The number of carbonyl (C=O) groups is 5. The van der Waals surface area contributed by atoms with Gasteiger partial charge in [0.05, 0.1) is 5.56 Å². The molecule has 13 nitrogen and oxygen atoms in total. The van der Waals surface area contributed by atoms with Gasteiger partial charge in [-0.15, -0.1) is 11.6 Å². The van der Waals surface area contributed by atoms with Gasteiger partial charge in [-0.2, -0.15) is 4.98 Å². The molecule has 0 saturated heterocycles. The summed E-state index contributed by atoms with van der Waals surface area (Å²) in [6.45, 7) is 2.26. The number of benzene rings is 3. The lowest BCUT2D eigenvalue weighted by atomic mass is 10.0. The lowest BCUT2D eigenvalue weighted by Crippen LogP contribution is -2.23. The highest BCUT2D eigenvalue weighted by atomic mass is 35.5. The number of nitrogens with one attached hydrogen (secondary N) is 1. The van der Waals surface area contributed by atoms with Crippen LogP contribution in [-0.4, -0.2) is 46.4 Å². The molecule has 0 fully saturated rings. The zero-order chi connectivity index (χ0) is 32.3. The summed E-state index contributed by atoms with van der Waals surface area (Å²) in [6.07, 6.45) is 0.0908. The molecule has 230 valence electrons. The fourth-order valence-corrected chi connectivity index (χ4v) is 3.84. The van der Waals surface area contributed by atoms with Gasteiger partial charge >= 0.3 is 29.9 Å². The molecule has 14 heteroatoms. The third-order valence-electron chi connectivity index (χ3n) is 5.64. The molecule has 0 bridgehead atoms. The number of carbonyl (C=O) groups excluding carboxylic acids is 5. The molecule has 0 aliphatic carbocycles. The first-order valence-electron chi connectivity index (χ1n) is 13.1. The normalized spacial score (nSPS) is 11.0. The van der Waals surface area contributed by atoms with Crippen LogP contribution in [-0.2, 0) is 28.8 Å². The largest absolute Gasteiger partial charge is 0.448 e. The first-order chi connectivity index (χ1) is 21.6. The van der Waals surface area contributed by atoms with Crippen LogP contribution in [0.1, 0.15) is 47.1 Å². The maximum atomic E-state index is 13.6. The Morgan fingerprint density at radius 3 is 2.04 bits per heavy atom. The molecule has 1 aromatic heterocycles. The van der Waals surface area contributed by atoms with Gasteiger partial charge in [0.1, 0.15) is 17.8 Å². The summed E-state index contributed by atoms with van der Waals surface area (Å²) in [6, 6.07) is 21.0. The molecule has 3 aromatic carbocycles. The zero-order valence-electron chi connectivity index (χ0n) is 23.7. The molecule has 4 aromatic rings. The number of esters is 3. The van der Waals surface area contributed by atoms with Gasteiger partial charge in [0.25, 0.3) is 0 Å². The second-order valence-corrected chi connectivity index (χ2v) is 9.26. The minimum Gasteiger partial charge on any atom is -0.448 e. The van der Waals surface area contributed by atoms with E-state index in [1.807, 2.05) is 0 Å². The number of aromatic nitrogens is 1. The molecule has 0 radical (unpaired) electrons. The van der Waals surface area contributed by atoms with Crippen LogP contribution >= 0.6 is 11.6 Å². The maximum absolute atomic E-state index is 13.6. The van der Waals surface area contributed by atoms with Gasteiger partial charge in [-0.1, -0.05) is 65.8 Å². The second kappa shape index (κ2) is 15.1. The average molecular weight is 634 g/mol. The first kappa shape index (κ1) is 32.1. The van der Waals surface area contributed by atoms with Gasteiger partial charge < -0.3 is 23.5 Å². The van der Waals surface area contributed by atoms with E-state index in [4.69, 9.17) is 35.1 Å².